The molecule has 0 aliphatic carbocycles. The normalized spacial score (nSPS) is 23.0. The molecular weight excluding hydrogens is 312 g/mol. The van der Waals surface area contributed by atoms with E-state index in [1.54, 1.807) is 0 Å². The molecule has 2 heterocycles. The Kier molecular flexibility index (Phi) is 5.67. The summed E-state index contributed by atoms with van der Waals surface area (Å²) >= 11 is 0. The third-order valence-corrected chi connectivity index (χ3v) is 5.99. The molecule has 1 aromatic carbocycles. The number of phenols is 1. The van der Waals surface area contributed by atoms with Gasteiger partial charge in [0, 0.05) is 31.1 Å². The molecule has 2 aliphatic heterocycles. The fraction of sp³-hybridized carbons (Fsp3) is 0.667. The molecule has 25 heavy (non-hydrogen) atoms. The average Bonchev–Trinajstić information content (AvgIpc) is 2.60. The lowest BCUT2D eigenvalue weighted by atomic mass is 9.92. The minimum Gasteiger partial charge on any atom is -0.508 e. The highest BCUT2D eigenvalue weighted by Gasteiger charge is 2.30. The van der Waals surface area contributed by atoms with E-state index in [4.69, 9.17) is 0 Å². The average molecular weight is 344 g/mol. The number of carbonyl (C=O) groups is 1. The van der Waals surface area contributed by atoms with Crippen molar-refractivity contribution >= 4 is 5.91 Å². The molecule has 0 spiro atoms. The number of amides is 1. The summed E-state index contributed by atoms with van der Waals surface area (Å²) in [6.07, 6.45) is 4.28. The van der Waals surface area contributed by atoms with Crippen LogP contribution in [0.25, 0.3) is 0 Å². The van der Waals surface area contributed by atoms with Crippen molar-refractivity contribution in [2.45, 2.75) is 53.0 Å². The van der Waals surface area contributed by atoms with Gasteiger partial charge < -0.3 is 10.0 Å². The largest absolute Gasteiger partial charge is 0.508 e. The molecule has 0 bridgehead atoms. The Balaban J connectivity index is 1.53. The standard InChI is InChI=1S/C21H32N2O2/c1-15-5-4-8-23(13-15)21(25)18-6-9-22(10-7-18)14-19-11-16(2)17(3)12-20(19)24/h11-12,15,18,24H,4-10,13-14H2,1-3H3. The van der Waals surface area contributed by atoms with Gasteiger partial charge in [-0.15, -0.1) is 0 Å². The van der Waals surface area contributed by atoms with Crippen LogP contribution in [-0.4, -0.2) is 47.0 Å². The van der Waals surface area contributed by atoms with E-state index in [0.717, 1.165) is 63.1 Å². The van der Waals surface area contributed by atoms with Gasteiger partial charge in [0.15, 0.2) is 0 Å². The van der Waals surface area contributed by atoms with Crippen molar-refractivity contribution in [3.8, 4) is 5.75 Å². The Morgan fingerprint density at radius 1 is 1.12 bits per heavy atom. The monoisotopic (exact) mass is 344 g/mol. The highest BCUT2D eigenvalue weighted by molar-refractivity contribution is 5.79. The third kappa shape index (κ3) is 4.35. The summed E-state index contributed by atoms with van der Waals surface area (Å²) in [7, 11) is 0. The number of carbonyl (C=O) groups excluding carboxylic acids is 1. The SMILES string of the molecule is Cc1cc(O)c(CN2CCC(C(=O)N3CCCC(C)C3)CC2)cc1C. The van der Waals surface area contributed by atoms with Crippen LogP contribution in [-0.2, 0) is 11.3 Å². The van der Waals surface area contributed by atoms with Gasteiger partial charge in [-0.05, 0) is 75.7 Å². The molecule has 2 saturated heterocycles. The van der Waals surface area contributed by atoms with Gasteiger partial charge in [-0.3, -0.25) is 9.69 Å². The lowest BCUT2D eigenvalue weighted by molar-refractivity contribution is -0.138. The van der Waals surface area contributed by atoms with Gasteiger partial charge in [0.25, 0.3) is 0 Å². The van der Waals surface area contributed by atoms with Gasteiger partial charge >= 0.3 is 0 Å². The van der Waals surface area contributed by atoms with E-state index >= 15 is 0 Å². The molecule has 4 nitrogen and oxygen atoms in total. The first-order valence-corrected chi connectivity index (χ1v) is 9.74. The minimum absolute atomic E-state index is 0.190. The van der Waals surface area contributed by atoms with Crippen LogP contribution in [0.15, 0.2) is 12.1 Å². The second-order valence-electron chi connectivity index (χ2n) is 8.15. The molecule has 4 heteroatoms. The third-order valence-electron chi connectivity index (χ3n) is 5.99. The van der Waals surface area contributed by atoms with Gasteiger partial charge in [-0.1, -0.05) is 13.0 Å². The van der Waals surface area contributed by atoms with Gasteiger partial charge in [0.1, 0.15) is 5.75 Å². The summed E-state index contributed by atoms with van der Waals surface area (Å²) in [5, 5.41) is 10.2. The Morgan fingerprint density at radius 2 is 1.80 bits per heavy atom. The van der Waals surface area contributed by atoms with Crippen molar-refractivity contribution in [1.29, 1.82) is 0 Å². The lowest BCUT2D eigenvalue weighted by Crippen LogP contribution is -2.45. The number of aryl methyl sites for hydroxylation is 2. The number of nitrogens with zero attached hydrogens (tertiary/aromatic N) is 2. The topological polar surface area (TPSA) is 43.8 Å². The molecule has 1 atom stereocenters. The highest BCUT2D eigenvalue weighted by Crippen LogP contribution is 2.27. The minimum atomic E-state index is 0.190. The summed E-state index contributed by atoms with van der Waals surface area (Å²) < 4.78 is 0. The molecule has 3 rings (SSSR count). The molecule has 1 amide bonds. The number of aromatic hydroxyl groups is 1. The first-order valence-electron chi connectivity index (χ1n) is 9.74. The highest BCUT2D eigenvalue weighted by atomic mass is 16.3. The van der Waals surface area contributed by atoms with Crippen LogP contribution in [0, 0.1) is 25.7 Å². The van der Waals surface area contributed by atoms with Crippen LogP contribution >= 0.6 is 0 Å². The fourth-order valence-corrected chi connectivity index (χ4v) is 4.21. The Bertz CT molecular complexity index is 621. The summed E-state index contributed by atoms with van der Waals surface area (Å²) in [5.74, 6) is 1.60. The van der Waals surface area contributed by atoms with Gasteiger partial charge in [-0.25, -0.2) is 0 Å². The van der Waals surface area contributed by atoms with Crippen molar-refractivity contribution in [3.63, 3.8) is 0 Å². The second-order valence-corrected chi connectivity index (χ2v) is 8.15. The Hall–Kier alpha value is -1.55. The number of piperidine rings is 2. The molecule has 138 valence electrons. The Morgan fingerprint density at radius 3 is 2.48 bits per heavy atom. The fourth-order valence-electron chi connectivity index (χ4n) is 4.21. The smallest absolute Gasteiger partial charge is 0.225 e. The summed E-state index contributed by atoms with van der Waals surface area (Å²) in [6, 6.07) is 3.95. The van der Waals surface area contributed by atoms with E-state index in [1.165, 1.54) is 12.0 Å². The van der Waals surface area contributed by atoms with Crippen LogP contribution in [0.4, 0.5) is 0 Å². The van der Waals surface area contributed by atoms with Gasteiger partial charge in [0.05, 0.1) is 0 Å². The van der Waals surface area contributed by atoms with E-state index in [-0.39, 0.29) is 5.92 Å². The van der Waals surface area contributed by atoms with E-state index in [9.17, 15) is 9.90 Å². The number of benzene rings is 1. The van der Waals surface area contributed by atoms with Crippen LogP contribution in [0.2, 0.25) is 0 Å². The summed E-state index contributed by atoms with van der Waals surface area (Å²) in [6.45, 7) is 10.9. The quantitative estimate of drug-likeness (QED) is 0.913. The van der Waals surface area contributed by atoms with E-state index in [1.807, 2.05) is 13.0 Å². The van der Waals surface area contributed by atoms with E-state index in [2.05, 4.69) is 29.7 Å². The molecule has 0 aromatic heterocycles. The predicted molar refractivity (Wildman–Crippen MR) is 101 cm³/mol. The van der Waals surface area contributed by atoms with Crippen LogP contribution in [0.3, 0.4) is 0 Å². The zero-order valence-corrected chi connectivity index (χ0v) is 15.9. The summed E-state index contributed by atoms with van der Waals surface area (Å²) in [5.41, 5.74) is 3.34. The van der Waals surface area contributed by atoms with Crippen molar-refractivity contribution < 1.29 is 9.90 Å². The van der Waals surface area contributed by atoms with E-state index < -0.39 is 0 Å². The van der Waals surface area contributed by atoms with Crippen molar-refractivity contribution in [2.24, 2.45) is 11.8 Å². The van der Waals surface area contributed by atoms with Crippen LogP contribution in [0.5, 0.6) is 5.75 Å². The number of hydrogen-bond acceptors (Lipinski definition) is 3. The van der Waals surface area contributed by atoms with Crippen LogP contribution < -0.4 is 0 Å². The maximum absolute atomic E-state index is 12.8. The zero-order chi connectivity index (χ0) is 18.0. The molecule has 0 saturated carbocycles. The predicted octanol–water partition coefficient (Wildman–Crippen LogP) is 3.48. The number of rotatable bonds is 3. The number of phenolic OH excluding ortho intramolecular Hbond substituents is 1. The number of hydrogen-bond donors (Lipinski definition) is 1. The van der Waals surface area contributed by atoms with Gasteiger partial charge in [-0.2, -0.15) is 0 Å². The maximum Gasteiger partial charge on any atom is 0.225 e. The molecule has 2 fully saturated rings. The maximum atomic E-state index is 12.8. The van der Waals surface area contributed by atoms with Crippen molar-refractivity contribution in [2.75, 3.05) is 26.2 Å². The second kappa shape index (κ2) is 7.77. The van der Waals surface area contributed by atoms with Crippen molar-refractivity contribution in [1.82, 2.24) is 9.80 Å². The molecule has 0 radical (unpaired) electrons. The van der Waals surface area contributed by atoms with Crippen LogP contribution in [0.1, 0.15) is 49.3 Å². The summed E-state index contributed by atoms with van der Waals surface area (Å²) in [4.78, 5) is 17.2. The van der Waals surface area contributed by atoms with Gasteiger partial charge in [0.2, 0.25) is 5.91 Å². The molecule has 1 N–H and O–H groups in total. The molecular formula is C21H32N2O2. The first-order chi connectivity index (χ1) is 11.9. The zero-order valence-electron chi connectivity index (χ0n) is 15.9. The molecule has 1 aromatic rings. The van der Waals surface area contributed by atoms with Crippen molar-refractivity contribution in [3.05, 3.63) is 28.8 Å². The molecule has 2 aliphatic rings. The number of likely N-dealkylation sites (tertiary alicyclic amines) is 2. The lowest BCUT2D eigenvalue weighted by Gasteiger charge is -2.37. The first kappa shape index (κ1) is 18.2. The van der Waals surface area contributed by atoms with E-state index in [0.29, 0.717) is 17.6 Å². The Labute approximate surface area is 151 Å². The molecule has 1 unspecified atom stereocenters.